The number of halogens is 1. The predicted molar refractivity (Wildman–Crippen MR) is 105 cm³/mol. The van der Waals surface area contributed by atoms with Gasteiger partial charge in [-0.3, -0.25) is 0 Å². The first kappa shape index (κ1) is 18.1. The minimum absolute atomic E-state index is 0.299. The number of hydrogen-bond acceptors (Lipinski definition) is 6. The third-order valence-electron chi connectivity index (χ3n) is 4.47. The number of H-pyrrole nitrogens is 1. The average Bonchev–Trinajstić information content (AvgIpc) is 3.02. The predicted octanol–water partition coefficient (Wildman–Crippen LogP) is 1.76. The van der Waals surface area contributed by atoms with Crippen LogP contribution in [-0.4, -0.2) is 37.1 Å². The molecule has 0 bridgehead atoms. The van der Waals surface area contributed by atoms with Crippen LogP contribution in [0.3, 0.4) is 0 Å². The number of nitrogens with zero attached hydrogens (tertiary/aromatic N) is 3. The first-order valence-electron chi connectivity index (χ1n) is 8.68. The molecule has 28 heavy (non-hydrogen) atoms. The second kappa shape index (κ2) is 7.38. The Kier molecular flexibility index (Phi) is 4.76. The van der Waals surface area contributed by atoms with E-state index in [2.05, 4.69) is 25.3 Å². The molecule has 4 N–H and O–H groups in total. The van der Waals surface area contributed by atoms with Crippen LogP contribution in [0.25, 0.3) is 22.3 Å². The third kappa shape index (κ3) is 3.45. The number of benzene rings is 2. The number of aromatic nitrogens is 4. The third-order valence-corrected chi connectivity index (χ3v) is 4.47. The Balaban J connectivity index is 1.68. The molecule has 0 unspecified atom stereocenters. The molecule has 0 aliphatic rings. The molecule has 9 heteroatoms. The molecule has 0 fully saturated rings. The van der Waals surface area contributed by atoms with Crippen molar-refractivity contribution in [1.29, 1.82) is 0 Å². The summed E-state index contributed by atoms with van der Waals surface area (Å²) in [7, 11) is -1.59. The standard InChI is InChI=1S/C19H17BFN5O2/c1-11-16(14-6-3-7-15(20(27)28)17(14)25-11)18-23-10-24-19(26-18)22-9-12-4-2-5-13(21)8-12/h2-8,10,25,27-28H,9H2,1H3,(H,22,23,24,26). The van der Waals surface area contributed by atoms with Gasteiger partial charge in [0, 0.05) is 34.2 Å². The lowest BCUT2D eigenvalue weighted by molar-refractivity contribution is 0.426. The molecular formula is C19H17BFN5O2. The Morgan fingerprint density at radius 1 is 1.14 bits per heavy atom. The monoisotopic (exact) mass is 377 g/mol. The summed E-state index contributed by atoms with van der Waals surface area (Å²) in [4.78, 5) is 16.0. The number of nitrogens with one attached hydrogen (secondary N) is 2. The zero-order chi connectivity index (χ0) is 19.7. The van der Waals surface area contributed by atoms with Gasteiger partial charge in [0.05, 0.1) is 0 Å². The summed E-state index contributed by atoms with van der Waals surface area (Å²) in [5, 5.41) is 23.0. The molecule has 4 aromatic rings. The van der Waals surface area contributed by atoms with Gasteiger partial charge in [-0.15, -0.1) is 0 Å². The van der Waals surface area contributed by atoms with E-state index in [-0.39, 0.29) is 5.82 Å². The lowest BCUT2D eigenvalue weighted by atomic mass is 9.79. The minimum Gasteiger partial charge on any atom is -0.423 e. The molecular weight excluding hydrogens is 360 g/mol. The van der Waals surface area contributed by atoms with Crippen molar-refractivity contribution in [3.05, 3.63) is 65.9 Å². The zero-order valence-corrected chi connectivity index (χ0v) is 15.0. The molecule has 0 amide bonds. The molecule has 2 aromatic carbocycles. The highest BCUT2D eigenvalue weighted by Crippen LogP contribution is 2.29. The fourth-order valence-electron chi connectivity index (χ4n) is 3.20. The maximum absolute atomic E-state index is 13.3. The lowest BCUT2D eigenvalue weighted by Crippen LogP contribution is -2.30. The first-order valence-corrected chi connectivity index (χ1v) is 8.68. The van der Waals surface area contributed by atoms with Crippen LogP contribution in [-0.2, 0) is 6.54 Å². The summed E-state index contributed by atoms with van der Waals surface area (Å²) in [5.74, 6) is 0.512. The van der Waals surface area contributed by atoms with E-state index in [1.807, 2.05) is 19.1 Å². The Labute approximate surface area is 160 Å². The van der Waals surface area contributed by atoms with Crippen molar-refractivity contribution < 1.29 is 14.4 Å². The second-order valence-electron chi connectivity index (χ2n) is 6.38. The molecule has 4 rings (SSSR count). The van der Waals surface area contributed by atoms with E-state index in [1.54, 1.807) is 18.2 Å². The van der Waals surface area contributed by atoms with Crippen molar-refractivity contribution in [1.82, 2.24) is 19.9 Å². The van der Waals surface area contributed by atoms with Gasteiger partial charge in [-0.2, -0.15) is 4.98 Å². The Hall–Kier alpha value is -3.30. The number of aromatic amines is 1. The fourth-order valence-corrected chi connectivity index (χ4v) is 3.20. The maximum atomic E-state index is 13.3. The summed E-state index contributed by atoms with van der Waals surface area (Å²) in [6, 6.07) is 11.5. The van der Waals surface area contributed by atoms with Gasteiger partial charge in [0.15, 0.2) is 5.82 Å². The van der Waals surface area contributed by atoms with E-state index >= 15 is 0 Å². The van der Waals surface area contributed by atoms with Crippen LogP contribution in [0.4, 0.5) is 10.3 Å². The first-order chi connectivity index (χ1) is 13.5. The van der Waals surface area contributed by atoms with E-state index in [4.69, 9.17) is 0 Å². The van der Waals surface area contributed by atoms with E-state index < -0.39 is 7.12 Å². The van der Waals surface area contributed by atoms with Gasteiger partial charge in [0.25, 0.3) is 0 Å². The van der Waals surface area contributed by atoms with Gasteiger partial charge < -0.3 is 20.3 Å². The van der Waals surface area contributed by atoms with Crippen molar-refractivity contribution >= 4 is 29.4 Å². The van der Waals surface area contributed by atoms with E-state index in [9.17, 15) is 14.4 Å². The summed E-state index contributed by atoms with van der Waals surface area (Å²) >= 11 is 0. The van der Waals surface area contributed by atoms with Gasteiger partial charge in [-0.05, 0) is 24.6 Å². The smallest absolute Gasteiger partial charge is 0.423 e. The van der Waals surface area contributed by atoms with Gasteiger partial charge in [0.1, 0.15) is 12.1 Å². The Morgan fingerprint density at radius 3 is 2.75 bits per heavy atom. The van der Waals surface area contributed by atoms with Crippen LogP contribution in [0.1, 0.15) is 11.3 Å². The summed E-state index contributed by atoms with van der Waals surface area (Å²) in [5.41, 5.74) is 3.33. The molecule has 0 atom stereocenters. The van der Waals surface area contributed by atoms with Crippen molar-refractivity contribution in [2.24, 2.45) is 0 Å². The van der Waals surface area contributed by atoms with Crippen molar-refractivity contribution in [2.75, 3.05) is 5.32 Å². The van der Waals surface area contributed by atoms with Crippen molar-refractivity contribution in [3.63, 3.8) is 0 Å². The van der Waals surface area contributed by atoms with Crippen LogP contribution in [0.2, 0.25) is 0 Å². The van der Waals surface area contributed by atoms with Crippen molar-refractivity contribution in [3.8, 4) is 11.4 Å². The Bertz CT molecular complexity index is 1150. The topological polar surface area (TPSA) is 107 Å². The highest BCUT2D eigenvalue weighted by Gasteiger charge is 2.20. The summed E-state index contributed by atoms with van der Waals surface area (Å²) < 4.78 is 13.3. The molecule has 0 saturated heterocycles. The maximum Gasteiger partial charge on any atom is 0.490 e. The van der Waals surface area contributed by atoms with Crippen LogP contribution < -0.4 is 10.8 Å². The molecule has 7 nitrogen and oxygen atoms in total. The van der Waals surface area contributed by atoms with E-state index in [0.717, 1.165) is 22.2 Å². The van der Waals surface area contributed by atoms with Gasteiger partial charge >= 0.3 is 7.12 Å². The van der Waals surface area contributed by atoms with Crippen LogP contribution in [0.15, 0.2) is 48.8 Å². The number of aryl methyl sites for hydroxylation is 1. The normalized spacial score (nSPS) is 11.0. The van der Waals surface area contributed by atoms with Gasteiger partial charge in [-0.25, -0.2) is 14.4 Å². The highest BCUT2D eigenvalue weighted by atomic mass is 19.1. The van der Waals surface area contributed by atoms with Crippen LogP contribution >= 0.6 is 0 Å². The molecule has 0 saturated carbocycles. The Morgan fingerprint density at radius 2 is 1.96 bits per heavy atom. The fraction of sp³-hybridized carbons (Fsp3) is 0.105. The number of hydrogen-bond donors (Lipinski definition) is 4. The summed E-state index contributed by atoms with van der Waals surface area (Å²) in [6.45, 7) is 2.24. The van der Waals surface area contributed by atoms with Crippen LogP contribution in [0, 0.1) is 12.7 Å². The second-order valence-corrected chi connectivity index (χ2v) is 6.38. The average molecular weight is 377 g/mol. The highest BCUT2D eigenvalue weighted by molar-refractivity contribution is 6.61. The van der Waals surface area contributed by atoms with E-state index in [1.165, 1.54) is 18.5 Å². The van der Waals surface area contributed by atoms with E-state index in [0.29, 0.717) is 29.3 Å². The number of anilines is 1. The molecule has 0 spiro atoms. The lowest BCUT2D eigenvalue weighted by Gasteiger charge is -2.07. The largest absolute Gasteiger partial charge is 0.490 e. The molecule has 0 radical (unpaired) electrons. The molecule has 0 aliphatic carbocycles. The van der Waals surface area contributed by atoms with Gasteiger partial charge in [0.2, 0.25) is 5.95 Å². The van der Waals surface area contributed by atoms with Gasteiger partial charge in [-0.1, -0.05) is 30.3 Å². The molecule has 140 valence electrons. The summed E-state index contributed by atoms with van der Waals surface area (Å²) in [6.07, 6.45) is 1.40. The zero-order valence-electron chi connectivity index (χ0n) is 15.0. The molecule has 2 heterocycles. The number of rotatable bonds is 5. The van der Waals surface area contributed by atoms with Crippen LogP contribution in [0.5, 0.6) is 0 Å². The molecule has 0 aliphatic heterocycles. The quantitative estimate of drug-likeness (QED) is 0.395. The number of fused-ring (bicyclic) bond motifs is 1. The molecule has 2 aromatic heterocycles. The van der Waals surface area contributed by atoms with Crippen molar-refractivity contribution in [2.45, 2.75) is 13.5 Å². The number of para-hydroxylation sites is 1. The minimum atomic E-state index is -1.59. The SMILES string of the molecule is Cc1[nH]c2c(B(O)O)cccc2c1-c1ncnc(NCc2cccc(F)c2)n1.